The van der Waals surface area contributed by atoms with Gasteiger partial charge in [0.15, 0.2) is 5.82 Å². The van der Waals surface area contributed by atoms with Crippen LogP contribution in [0.25, 0.3) is 10.9 Å². The number of hydrogen-bond acceptors (Lipinski definition) is 6. The van der Waals surface area contributed by atoms with Crippen LogP contribution >= 0.6 is 0 Å². The van der Waals surface area contributed by atoms with Crippen LogP contribution in [0.3, 0.4) is 0 Å². The Morgan fingerprint density at radius 1 is 1.10 bits per heavy atom. The maximum absolute atomic E-state index is 12.9. The maximum Gasteiger partial charge on any atom is 0.410 e. The number of aromatic amines is 1. The Kier molecular flexibility index (Phi) is 6.81. The van der Waals surface area contributed by atoms with E-state index in [0.717, 1.165) is 62.6 Å². The molecule has 0 radical (unpaired) electrons. The van der Waals surface area contributed by atoms with Gasteiger partial charge in [-0.1, -0.05) is 25.0 Å². The highest BCUT2D eigenvalue weighted by atomic mass is 16.6. The molecule has 0 spiro atoms. The molecular weight excluding hydrogens is 504 g/mol. The Bertz CT molecular complexity index is 1490. The number of nitriles is 1. The standard InChI is InChI=1S/C31H38N6O3.2H2/c1-31(2,3)40-30(39)36-23-12-13-24(36)17-21(16-23)19-8-10-22(11-9-19)34-28-27-26(14-15-33-29(27)38)37(35-28)25-7-5-4-6-20(25)18-32;;/h8-11,14-15,20-21,23-25H,4-7,12-13,16-17H2,1-3H3,(H,33,38)(H,34,35);2*1H/t20?,21?,23-,24+,25-;;/m0../s1. The summed E-state index contributed by atoms with van der Waals surface area (Å²) in [5.41, 5.74) is 2.18. The van der Waals surface area contributed by atoms with Crippen molar-refractivity contribution < 1.29 is 12.4 Å². The number of ether oxygens (including phenoxy) is 1. The zero-order valence-electron chi connectivity index (χ0n) is 23.5. The van der Waals surface area contributed by atoms with Gasteiger partial charge in [-0.2, -0.15) is 10.4 Å². The lowest BCUT2D eigenvalue weighted by atomic mass is 9.85. The van der Waals surface area contributed by atoms with Crippen molar-refractivity contribution in [3.8, 4) is 6.07 Å². The quantitative estimate of drug-likeness (QED) is 0.369. The normalized spacial score (nSPS) is 26.4. The summed E-state index contributed by atoms with van der Waals surface area (Å²) in [6, 6.07) is 13.1. The summed E-state index contributed by atoms with van der Waals surface area (Å²) in [4.78, 5) is 30.5. The van der Waals surface area contributed by atoms with Crippen LogP contribution in [0.1, 0.15) is 92.5 Å². The number of hydrogen-bond donors (Lipinski definition) is 2. The molecule has 40 heavy (non-hydrogen) atoms. The molecule has 9 nitrogen and oxygen atoms in total. The van der Waals surface area contributed by atoms with Gasteiger partial charge in [0.25, 0.3) is 5.56 Å². The van der Waals surface area contributed by atoms with Crippen LogP contribution in [0.2, 0.25) is 0 Å². The average molecular weight is 547 g/mol. The van der Waals surface area contributed by atoms with Crippen LogP contribution in [0.5, 0.6) is 0 Å². The minimum absolute atomic E-state index is 0. The van der Waals surface area contributed by atoms with E-state index in [4.69, 9.17) is 9.84 Å². The third kappa shape index (κ3) is 4.96. The van der Waals surface area contributed by atoms with Crippen molar-refractivity contribution in [2.24, 2.45) is 5.92 Å². The fraction of sp³-hybridized carbons (Fsp3) is 0.548. The van der Waals surface area contributed by atoms with Crippen molar-refractivity contribution in [1.29, 1.82) is 5.26 Å². The highest BCUT2D eigenvalue weighted by Crippen LogP contribution is 2.44. The number of carbonyl (C=O) groups excluding carboxylic acids is 1. The zero-order valence-corrected chi connectivity index (χ0v) is 23.5. The summed E-state index contributed by atoms with van der Waals surface area (Å²) in [5, 5.41) is 18.5. The fourth-order valence-electron chi connectivity index (χ4n) is 7.03. The minimum Gasteiger partial charge on any atom is -0.444 e. The van der Waals surface area contributed by atoms with E-state index in [0.29, 0.717) is 17.1 Å². The first-order chi connectivity index (χ1) is 19.2. The molecule has 1 aliphatic carbocycles. The third-order valence-electron chi connectivity index (χ3n) is 8.82. The molecule has 2 saturated heterocycles. The van der Waals surface area contributed by atoms with Gasteiger partial charge in [-0.3, -0.25) is 9.48 Å². The van der Waals surface area contributed by atoms with Crippen molar-refractivity contribution in [1.82, 2.24) is 19.7 Å². The summed E-state index contributed by atoms with van der Waals surface area (Å²) in [5.74, 6) is 0.790. The second-order valence-corrected chi connectivity index (χ2v) is 12.6. The number of nitrogens with one attached hydrogen (secondary N) is 2. The first kappa shape index (κ1) is 26.4. The third-order valence-corrected chi connectivity index (χ3v) is 8.82. The molecule has 6 rings (SSSR count). The molecule has 2 aliphatic heterocycles. The number of aromatic nitrogens is 3. The Morgan fingerprint density at radius 3 is 2.48 bits per heavy atom. The van der Waals surface area contributed by atoms with E-state index < -0.39 is 5.60 Å². The molecule has 2 unspecified atom stereocenters. The first-order valence-corrected chi connectivity index (χ1v) is 14.6. The highest BCUT2D eigenvalue weighted by Gasteiger charge is 2.45. The van der Waals surface area contributed by atoms with Crippen LogP contribution in [0, 0.1) is 17.2 Å². The first-order valence-electron chi connectivity index (χ1n) is 14.6. The van der Waals surface area contributed by atoms with Crippen molar-refractivity contribution in [3.63, 3.8) is 0 Å². The van der Waals surface area contributed by atoms with E-state index in [1.807, 2.05) is 48.6 Å². The number of nitrogens with zero attached hydrogens (tertiary/aromatic N) is 4. The van der Waals surface area contributed by atoms with E-state index in [2.05, 4.69) is 28.5 Å². The molecule has 1 aromatic carbocycles. The summed E-state index contributed by atoms with van der Waals surface area (Å²) < 4.78 is 7.58. The van der Waals surface area contributed by atoms with Gasteiger partial charge < -0.3 is 19.9 Å². The summed E-state index contributed by atoms with van der Waals surface area (Å²) in [6.45, 7) is 5.74. The number of fused-ring (bicyclic) bond motifs is 3. The molecule has 5 atom stereocenters. The van der Waals surface area contributed by atoms with E-state index in [1.54, 1.807) is 6.20 Å². The topological polar surface area (TPSA) is 116 Å². The molecule has 1 saturated carbocycles. The number of carbonyl (C=O) groups is 1. The number of benzene rings is 1. The lowest BCUT2D eigenvalue weighted by Crippen LogP contribution is -2.48. The summed E-state index contributed by atoms with van der Waals surface area (Å²) in [6.07, 6.45) is 9.22. The van der Waals surface area contributed by atoms with Crippen molar-refractivity contribution in [3.05, 3.63) is 52.4 Å². The molecule has 9 heteroatoms. The fourth-order valence-corrected chi connectivity index (χ4v) is 7.03. The minimum atomic E-state index is -0.490. The molecule has 2 N–H and O–H groups in total. The van der Waals surface area contributed by atoms with Crippen LogP contribution in [0.4, 0.5) is 16.3 Å². The Hall–Kier alpha value is -3.80. The molecule has 3 aromatic rings. The smallest absolute Gasteiger partial charge is 0.410 e. The number of anilines is 2. The van der Waals surface area contributed by atoms with Gasteiger partial charge in [-0.25, -0.2) is 4.79 Å². The van der Waals surface area contributed by atoms with Crippen LogP contribution in [0.15, 0.2) is 41.3 Å². The Balaban J connectivity index is 0.00000202. The SMILES string of the molecule is CC(C)(C)OC(=O)N1[C@@H]2CC[C@H]1CC(c1ccc(Nc3nn([C@H]4CCCCC4C#N)c4cc[nH]c(=O)c34)cc1)C2.[HH].[HH]. The highest BCUT2D eigenvalue weighted by molar-refractivity contribution is 5.91. The molecular formula is C31H42N6O3. The molecule has 3 aliphatic rings. The summed E-state index contributed by atoms with van der Waals surface area (Å²) in [7, 11) is 0. The second-order valence-electron chi connectivity index (χ2n) is 12.6. The van der Waals surface area contributed by atoms with Gasteiger partial charge in [-0.05, 0) is 89.0 Å². The van der Waals surface area contributed by atoms with Gasteiger partial charge in [0.05, 0.1) is 23.5 Å². The van der Waals surface area contributed by atoms with E-state index in [9.17, 15) is 14.9 Å². The number of rotatable bonds is 4. The summed E-state index contributed by atoms with van der Waals surface area (Å²) >= 11 is 0. The van der Waals surface area contributed by atoms with Crippen LogP contribution in [-0.4, -0.2) is 43.4 Å². The predicted octanol–water partition coefficient (Wildman–Crippen LogP) is 6.86. The van der Waals surface area contributed by atoms with Crippen molar-refractivity contribution in [2.75, 3.05) is 5.32 Å². The zero-order chi connectivity index (χ0) is 28.0. The molecule has 3 fully saturated rings. The molecule has 2 aromatic heterocycles. The lowest BCUT2D eigenvalue weighted by Gasteiger charge is -2.39. The van der Waals surface area contributed by atoms with E-state index in [-0.39, 0.29) is 38.5 Å². The van der Waals surface area contributed by atoms with Gasteiger partial charge >= 0.3 is 6.09 Å². The lowest BCUT2D eigenvalue weighted by molar-refractivity contribution is 0.00584. The largest absolute Gasteiger partial charge is 0.444 e. The number of piperidine rings is 1. The van der Waals surface area contributed by atoms with Gasteiger partial charge in [0.2, 0.25) is 0 Å². The predicted molar refractivity (Wildman–Crippen MR) is 158 cm³/mol. The van der Waals surface area contributed by atoms with Crippen LogP contribution < -0.4 is 10.9 Å². The maximum atomic E-state index is 12.9. The van der Waals surface area contributed by atoms with Crippen LogP contribution in [-0.2, 0) is 4.74 Å². The number of pyridine rings is 1. The number of amides is 1. The molecule has 1 amide bonds. The van der Waals surface area contributed by atoms with Crippen molar-refractivity contribution in [2.45, 2.75) is 102 Å². The van der Waals surface area contributed by atoms with Gasteiger partial charge in [0.1, 0.15) is 11.0 Å². The monoisotopic (exact) mass is 546 g/mol. The van der Waals surface area contributed by atoms with Gasteiger partial charge in [0, 0.05) is 26.8 Å². The van der Waals surface area contributed by atoms with Gasteiger partial charge in [-0.15, -0.1) is 0 Å². The second kappa shape index (κ2) is 10.3. The Labute approximate surface area is 237 Å². The van der Waals surface area contributed by atoms with E-state index >= 15 is 0 Å². The number of H-pyrrole nitrogens is 1. The average Bonchev–Trinajstić information content (AvgIpc) is 3.42. The molecule has 4 heterocycles. The van der Waals surface area contributed by atoms with Crippen molar-refractivity contribution >= 4 is 28.5 Å². The molecule has 2 bridgehead atoms. The Morgan fingerprint density at radius 2 is 1.80 bits per heavy atom. The molecule has 214 valence electrons. The van der Waals surface area contributed by atoms with E-state index in [1.165, 1.54) is 5.56 Å².